The molecule has 0 amide bonds. The van der Waals surface area contributed by atoms with Gasteiger partial charge in [0.2, 0.25) is 0 Å². The van der Waals surface area contributed by atoms with Crippen molar-refractivity contribution in [1.29, 1.82) is 0 Å². The number of aromatic nitrogens is 4. The van der Waals surface area contributed by atoms with E-state index in [-0.39, 0.29) is 5.82 Å². The summed E-state index contributed by atoms with van der Waals surface area (Å²) in [5, 5.41) is 0. The van der Waals surface area contributed by atoms with Gasteiger partial charge in [0.25, 0.3) is 0 Å². The number of anilines is 1. The summed E-state index contributed by atoms with van der Waals surface area (Å²) in [5.74, 6) is 1.07. The van der Waals surface area contributed by atoms with Crippen LogP contribution in [0.4, 0.5) is 10.1 Å². The lowest BCUT2D eigenvalue weighted by atomic mass is 10.1. The molecule has 4 N–H and O–H groups in total. The average Bonchev–Trinajstić information content (AvgIpc) is 3.26. The lowest BCUT2D eigenvalue weighted by Gasteiger charge is -2.04. The van der Waals surface area contributed by atoms with Crippen LogP contribution in [-0.4, -0.2) is 19.9 Å². The fraction of sp³-hybridized carbons (Fsp3) is 0. The van der Waals surface area contributed by atoms with Gasteiger partial charge in [0, 0.05) is 11.1 Å². The maximum absolute atomic E-state index is 13.5. The summed E-state index contributed by atoms with van der Waals surface area (Å²) in [6.45, 7) is 0. The van der Waals surface area contributed by atoms with Crippen LogP contribution in [0.15, 0.2) is 60.7 Å². The molecule has 0 aliphatic carbocycles. The topological polar surface area (TPSA) is 83.4 Å². The van der Waals surface area contributed by atoms with Gasteiger partial charge in [-0.3, -0.25) is 0 Å². The van der Waals surface area contributed by atoms with E-state index in [4.69, 9.17) is 5.73 Å². The van der Waals surface area contributed by atoms with E-state index in [1.165, 1.54) is 12.1 Å². The lowest BCUT2D eigenvalue weighted by molar-refractivity contribution is 0.629. The average molecular weight is 343 g/mol. The fourth-order valence-corrected chi connectivity index (χ4v) is 3.19. The van der Waals surface area contributed by atoms with E-state index in [1.807, 2.05) is 42.5 Å². The second-order valence-corrected chi connectivity index (χ2v) is 6.12. The molecule has 0 aliphatic rings. The molecule has 0 saturated heterocycles. The van der Waals surface area contributed by atoms with E-state index >= 15 is 0 Å². The summed E-state index contributed by atoms with van der Waals surface area (Å²) in [6.07, 6.45) is 0. The Morgan fingerprint density at radius 2 is 1.50 bits per heavy atom. The van der Waals surface area contributed by atoms with Gasteiger partial charge in [0.05, 0.1) is 22.2 Å². The van der Waals surface area contributed by atoms with Crippen LogP contribution in [0.3, 0.4) is 0 Å². The summed E-state index contributed by atoms with van der Waals surface area (Å²) >= 11 is 0. The van der Waals surface area contributed by atoms with E-state index in [2.05, 4.69) is 19.9 Å². The minimum Gasteiger partial charge on any atom is -0.397 e. The Balaban J connectivity index is 1.71. The molecule has 0 spiro atoms. The molecule has 0 unspecified atom stereocenters. The number of nitrogens with one attached hydrogen (secondary N) is 2. The molecule has 6 heteroatoms. The molecule has 0 saturated carbocycles. The van der Waals surface area contributed by atoms with Crippen LogP contribution in [0.1, 0.15) is 0 Å². The summed E-state index contributed by atoms with van der Waals surface area (Å²) in [4.78, 5) is 15.8. The SMILES string of the molecule is Nc1cccc2[nH]c(-c3ccccc3-c3nc4ccc(F)cc4[nH]3)nc12. The van der Waals surface area contributed by atoms with Gasteiger partial charge >= 0.3 is 0 Å². The number of H-pyrrole nitrogens is 2. The second kappa shape index (κ2) is 5.42. The zero-order chi connectivity index (χ0) is 17.7. The highest BCUT2D eigenvalue weighted by molar-refractivity contribution is 5.91. The van der Waals surface area contributed by atoms with Crippen molar-refractivity contribution in [2.24, 2.45) is 0 Å². The quantitative estimate of drug-likeness (QED) is 0.413. The van der Waals surface area contributed by atoms with E-state index in [0.717, 1.165) is 22.2 Å². The second-order valence-electron chi connectivity index (χ2n) is 6.12. The molecule has 0 fully saturated rings. The molecule has 5 rings (SSSR count). The van der Waals surface area contributed by atoms with Crippen LogP contribution >= 0.6 is 0 Å². The standard InChI is InChI=1S/C20H14FN5/c21-11-8-9-15-17(10-11)25-19(23-15)12-4-1-2-5-13(12)20-24-16-7-3-6-14(22)18(16)26-20/h1-10H,22H2,(H,23,25)(H,24,26). The molecular weight excluding hydrogens is 329 g/mol. The minimum atomic E-state index is -0.297. The van der Waals surface area contributed by atoms with E-state index in [9.17, 15) is 4.39 Å². The number of nitrogen functional groups attached to an aromatic ring is 1. The predicted molar refractivity (Wildman–Crippen MR) is 101 cm³/mol. The summed E-state index contributed by atoms with van der Waals surface area (Å²) in [6, 6.07) is 18.0. The normalized spacial score (nSPS) is 11.4. The van der Waals surface area contributed by atoms with Crippen molar-refractivity contribution in [2.75, 3.05) is 5.73 Å². The number of fused-ring (bicyclic) bond motifs is 2. The number of para-hydroxylation sites is 1. The molecule has 126 valence electrons. The first kappa shape index (κ1) is 14.7. The number of aromatic amines is 2. The maximum Gasteiger partial charge on any atom is 0.139 e. The number of nitrogens with zero attached hydrogens (tertiary/aromatic N) is 2. The van der Waals surface area contributed by atoms with Crippen molar-refractivity contribution in [3.05, 3.63) is 66.5 Å². The third kappa shape index (κ3) is 2.23. The smallest absolute Gasteiger partial charge is 0.139 e. The Hall–Kier alpha value is -3.67. The highest BCUT2D eigenvalue weighted by Gasteiger charge is 2.15. The van der Waals surface area contributed by atoms with Gasteiger partial charge in [0.15, 0.2) is 0 Å². The fourth-order valence-electron chi connectivity index (χ4n) is 3.19. The summed E-state index contributed by atoms with van der Waals surface area (Å²) in [5.41, 5.74) is 11.4. The van der Waals surface area contributed by atoms with Crippen LogP contribution in [0.5, 0.6) is 0 Å². The minimum absolute atomic E-state index is 0.297. The Labute approximate surface area is 147 Å². The monoisotopic (exact) mass is 343 g/mol. The van der Waals surface area contributed by atoms with Crippen LogP contribution in [-0.2, 0) is 0 Å². The summed E-state index contributed by atoms with van der Waals surface area (Å²) < 4.78 is 13.5. The highest BCUT2D eigenvalue weighted by Crippen LogP contribution is 2.32. The van der Waals surface area contributed by atoms with E-state index < -0.39 is 0 Å². The lowest BCUT2D eigenvalue weighted by Crippen LogP contribution is -1.88. The number of benzene rings is 3. The Morgan fingerprint density at radius 1 is 0.769 bits per heavy atom. The molecule has 0 radical (unpaired) electrons. The predicted octanol–water partition coefficient (Wildman–Crippen LogP) is 4.49. The third-order valence-electron chi connectivity index (χ3n) is 4.43. The van der Waals surface area contributed by atoms with E-state index in [0.29, 0.717) is 28.4 Å². The van der Waals surface area contributed by atoms with Gasteiger partial charge in [-0.1, -0.05) is 30.3 Å². The van der Waals surface area contributed by atoms with Crippen molar-refractivity contribution < 1.29 is 4.39 Å². The van der Waals surface area contributed by atoms with Gasteiger partial charge in [0.1, 0.15) is 23.0 Å². The first-order chi connectivity index (χ1) is 12.7. The molecule has 5 nitrogen and oxygen atoms in total. The molecule has 0 bridgehead atoms. The third-order valence-corrected chi connectivity index (χ3v) is 4.43. The number of halogens is 1. The molecule has 2 aromatic heterocycles. The Kier molecular flexibility index (Phi) is 3.05. The van der Waals surface area contributed by atoms with Crippen LogP contribution in [0.25, 0.3) is 44.8 Å². The van der Waals surface area contributed by atoms with Crippen molar-refractivity contribution in [2.45, 2.75) is 0 Å². The molecule has 0 atom stereocenters. The van der Waals surface area contributed by atoms with Crippen LogP contribution in [0.2, 0.25) is 0 Å². The first-order valence-corrected chi connectivity index (χ1v) is 8.18. The van der Waals surface area contributed by atoms with Crippen molar-refractivity contribution in [3.63, 3.8) is 0 Å². The zero-order valence-corrected chi connectivity index (χ0v) is 13.6. The van der Waals surface area contributed by atoms with Gasteiger partial charge in [-0.2, -0.15) is 0 Å². The first-order valence-electron chi connectivity index (χ1n) is 8.18. The number of imidazole rings is 2. The van der Waals surface area contributed by atoms with Crippen LogP contribution in [0, 0.1) is 5.82 Å². The Morgan fingerprint density at radius 3 is 2.27 bits per heavy atom. The van der Waals surface area contributed by atoms with Gasteiger partial charge in [-0.25, -0.2) is 14.4 Å². The number of hydrogen-bond donors (Lipinski definition) is 3. The van der Waals surface area contributed by atoms with Gasteiger partial charge in [-0.15, -0.1) is 0 Å². The van der Waals surface area contributed by atoms with Crippen molar-refractivity contribution in [3.8, 4) is 22.8 Å². The molecule has 3 aromatic carbocycles. The van der Waals surface area contributed by atoms with Crippen molar-refractivity contribution >= 4 is 27.8 Å². The van der Waals surface area contributed by atoms with Crippen molar-refractivity contribution in [1.82, 2.24) is 19.9 Å². The molecule has 0 aliphatic heterocycles. The molecule has 26 heavy (non-hydrogen) atoms. The van der Waals surface area contributed by atoms with Crippen LogP contribution < -0.4 is 5.73 Å². The highest BCUT2D eigenvalue weighted by atomic mass is 19.1. The van der Waals surface area contributed by atoms with Gasteiger partial charge in [-0.05, 0) is 30.3 Å². The number of rotatable bonds is 2. The zero-order valence-electron chi connectivity index (χ0n) is 13.6. The number of hydrogen-bond acceptors (Lipinski definition) is 3. The molecule has 5 aromatic rings. The molecule has 2 heterocycles. The number of nitrogens with two attached hydrogens (primary N) is 1. The largest absolute Gasteiger partial charge is 0.397 e. The maximum atomic E-state index is 13.5. The summed E-state index contributed by atoms with van der Waals surface area (Å²) in [7, 11) is 0. The van der Waals surface area contributed by atoms with Gasteiger partial charge < -0.3 is 15.7 Å². The Bertz CT molecular complexity index is 1270. The van der Waals surface area contributed by atoms with E-state index in [1.54, 1.807) is 6.07 Å². The molecular formula is C20H14FN5.